The van der Waals surface area contributed by atoms with Gasteiger partial charge >= 0.3 is 0 Å². The van der Waals surface area contributed by atoms with Crippen molar-refractivity contribution < 1.29 is 0 Å². The van der Waals surface area contributed by atoms with E-state index in [2.05, 4.69) is 32.8 Å². The highest BCUT2D eigenvalue weighted by atomic mass is 15.6. The van der Waals surface area contributed by atoms with Crippen LogP contribution >= 0.6 is 0 Å². The van der Waals surface area contributed by atoms with Crippen molar-refractivity contribution >= 4 is 0 Å². The van der Waals surface area contributed by atoms with Crippen LogP contribution in [0, 0.1) is 0 Å². The topological polar surface area (TPSA) is 58.9 Å². The van der Waals surface area contributed by atoms with E-state index in [9.17, 15) is 0 Å². The molecule has 1 aliphatic heterocycles. The van der Waals surface area contributed by atoms with E-state index in [0.717, 1.165) is 25.5 Å². The van der Waals surface area contributed by atoms with Crippen LogP contribution < -0.4 is 5.32 Å². The third kappa shape index (κ3) is 2.47. The number of tetrazole rings is 1. The third-order valence-electron chi connectivity index (χ3n) is 3.78. The van der Waals surface area contributed by atoms with Gasteiger partial charge in [0.25, 0.3) is 0 Å². The predicted molar refractivity (Wildman–Crippen MR) is 63.4 cm³/mol. The second-order valence-corrected chi connectivity index (χ2v) is 5.17. The molecular weight excluding hydrogens is 216 g/mol. The minimum atomic E-state index is 0.571. The van der Waals surface area contributed by atoms with Gasteiger partial charge in [0.2, 0.25) is 0 Å². The Balaban J connectivity index is 1.62. The smallest absolute Gasteiger partial charge is 0.165 e. The van der Waals surface area contributed by atoms with Crippen LogP contribution in [0.5, 0.6) is 0 Å². The molecule has 0 spiro atoms. The number of nitrogens with zero attached hydrogens (tertiary/aromatic N) is 5. The van der Waals surface area contributed by atoms with Gasteiger partial charge in [-0.2, -0.15) is 0 Å². The second kappa shape index (κ2) is 4.70. The van der Waals surface area contributed by atoms with Crippen LogP contribution in [0.1, 0.15) is 37.5 Å². The monoisotopic (exact) mass is 236 g/mol. The molecule has 6 nitrogen and oxygen atoms in total. The molecule has 1 aromatic rings. The van der Waals surface area contributed by atoms with E-state index in [1.54, 1.807) is 0 Å². The molecule has 0 bridgehead atoms. The van der Waals surface area contributed by atoms with E-state index in [1.807, 2.05) is 4.68 Å². The molecule has 1 aliphatic carbocycles. The summed E-state index contributed by atoms with van der Waals surface area (Å²) in [6.45, 7) is 3.12. The Bertz CT molecular complexity index is 366. The van der Waals surface area contributed by atoms with Crippen LogP contribution in [-0.2, 0) is 6.54 Å². The molecule has 0 radical (unpaired) electrons. The molecule has 1 saturated carbocycles. The molecule has 1 aromatic heterocycles. The van der Waals surface area contributed by atoms with E-state index in [0.29, 0.717) is 12.1 Å². The average molecular weight is 236 g/mol. The van der Waals surface area contributed by atoms with Gasteiger partial charge in [0.15, 0.2) is 5.82 Å². The molecule has 1 saturated heterocycles. The largest absolute Gasteiger partial charge is 0.317 e. The highest BCUT2D eigenvalue weighted by Crippen LogP contribution is 2.34. The molecule has 0 aromatic carbocycles. The molecular formula is C11H20N6. The number of aromatic nitrogens is 4. The van der Waals surface area contributed by atoms with Gasteiger partial charge in [-0.25, -0.2) is 4.68 Å². The third-order valence-corrected chi connectivity index (χ3v) is 3.78. The fourth-order valence-electron chi connectivity index (χ4n) is 2.52. The minimum absolute atomic E-state index is 0.571. The Morgan fingerprint density at radius 3 is 2.76 bits per heavy atom. The van der Waals surface area contributed by atoms with Crippen LogP contribution in [-0.4, -0.2) is 51.3 Å². The quantitative estimate of drug-likeness (QED) is 0.809. The van der Waals surface area contributed by atoms with Crippen molar-refractivity contribution in [3.05, 3.63) is 5.82 Å². The Kier molecular flexibility index (Phi) is 3.07. The van der Waals surface area contributed by atoms with Crippen LogP contribution in [0.15, 0.2) is 0 Å². The molecule has 3 rings (SSSR count). The Morgan fingerprint density at radius 1 is 1.29 bits per heavy atom. The van der Waals surface area contributed by atoms with Crippen LogP contribution in [0.4, 0.5) is 0 Å². The highest BCUT2D eigenvalue weighted by Gasteiger charge is 2.28. The van der Waals surface area contributed by atoms with Crippen molar-refractivity contribution in [3.63, 3.8) is 0 Å². The zero-order chi connectivity index (χ0) is 11.7. The first-order valence-electron chi connectivity index (χ1n) is 6.52. The number of nitrogens with one attached hydrogen (secondary N) is 1. The normalized spacial score (nSPS) is 22.2. The van der Waals surface area contributed by atoms with Crippen molar-refractivity contribution in [3.8, 4) is 0 Å². The predicted octanol–water partition coefficient (Wildman–Crippen LogP) is 0.192. The molecule has 0 unspecified atom stereocenters. The maximum absolute atomic E-state index is 4.16. The summed E-state index contributed by atoms with van der Waals surface area (Å²) in [5, 5.41) is 15.5. The first-order valence-corrected chi connectivity index (χ1v) is 6.52. The zero-order valence-corrected chi connectivity index (χ0v) is 10.3. The lowest BCUT2D eigenvalue weighted by atomic mass is 10.1. The standard InChI is InChI=1S/C11H20N6/c1-16(9-4-6-12-7-5-9)8-11-13-14-15-17(11)10-2-3-10/h9-10,12H,2-8H2,1H3. The summed E-state index contributed by atoms with van der Waals surface area (Å²) in [6, 6.07) is 1.24. The Labute approximate surface area is 101 Å². The average Bonchev–Trinajstić information content (AvgIpc) is 3.11. The van der Waals surface area contributed by atoms with E-state index in [4.69, 9.17) is 0 Å². The van der Waals surface area contributed by atoms with E-state index < -0.39 is 0 Å². The van der Waals surface area contributed by atoms with E-state index in [1.165, 1.54) is 25.7 Å². The summed E-state index contributed by atoms with van der Waals surface area (Å²) in [6.07, 6.45) is 4.91. The summed E-state index contributed by atoms with van der Waals surface area (Å²) >= 11 is 0. The molecule has 17 heavy (non-hydrogen) atoms. The van der Waals surface area contributed by atoms with Crippen molar-refractivity contribution in [1.82, 2.24) is 30.4 Å². The first kappa shape index (κ1) is 11.1. The maximum Gasteiger partial charge on any atom is 0.165 e. The van der Waals surface area contributed by atoms with E-state index >= 15 is 0 Å². The van der Waals surface area contributed by atoms with Gasteiger partial charge < -0.3 is 5.32 Å². The van der Waals surface area contributed by atoms with Gasteiger partial charge in [-0.05, 0) is 56.2 Å². The fraction of sp³-hybridized carbons (Fsp3) is 0.909. The number of hydrogen-bond acceptors (Lipinski definition) is 5. The molecule has 6 heteroatoms. The number of hydrogen-bond donors (Lipinski definition) is 1. The molecule has 2 fully saturated rings. The molecule has 94 valence electrons. The Hall–Kier alpha value is -1.01. The first-order chi connectivity index (χ1) is 8.34. The molecule has 0 atom stereocenters. The maximum atomic E-state index is 4.16. The van der Waals surface area contributed by atoms with Gasteiger partial charge in [0.1, 0.15) is 0 Å². The van der Waals surface area contributed by atoms with Gasteiger partial charge in [0.05, 0.1) is 12.6 Å². The van der Waals surface area contributed by atoms with Crippen LogP contribution in [0.25, 0.3) is 0 Å². The lowest BCUT2D eigenvalue weighted by Crippen LogP contribution is -2.41. The van der Waals surface area contributed by atoms with Gasteiger partial charge in [-0.3, -0.25) is 4.90 Å². The zero-order valence-electron chi connectivity index (χ0n) is 10.3. The van der Waals surface area contributed by atoms with Crippen LogP contribution in [0.3, 0.4) is 0 Å². The molecule has 1 N–H and O–H groups in total. The lowest BCUT2D eigenvalue weighted by Gasteiger charge is -2.31. The summed E-state index contributed by atoms with van der Waals surface area (Å²) in [5.41, 5.74) is 0. The van der Waals surface area contributed by atoms with E-state index in [-0.39, 0.29) is 0 Å². The second-order valence-electron chi connectivity index (χ2n) is 5.17. The molecule has 2 aliphatic rings. The lowest BCUT2D eigenvalue weighted by molar-refractivity contribution is 0.185. The summed E-state index contributed by atoms with van der Waals surface area (Å²) in [4.78, 5) is 2.39. The number of piperidine rings is 1. The van der Waals surface area contributed by atoms with Crippen molar-refractivity contribution in [1.29, 1.82) is 0 Å². The SMILES string of the molecule is CN(Cc1nnnn1C1CC1)C1CCNCC1. The van der Waals surface area contributed by atoms with Gasteiger partial charge in [0, 0.05) is 6.04 Å². The molecule has 0 amide bonds. The fourth-order valence-corrected chi connectivity index (χ4v) is 2.52. The van der Waals surface area contributed by atoms with Gasteiger partial charge in [-0.15, -0.1) is 5.10 Å². The van der Waals surface area contributed by atoms with Gasteiger partial charge in [-0.1, -0.05) is 0 Å². The number of rotatable bonds is 4. The van der Waals surface area contributed by atoms with Crippen molar-refractivity contribution in [2.45, 2.75) is 44.3 Å². The minimum Gasteiger partial charge on any atom is -0.317 e. The Morgan fingerprint density at radius 2 is 2.06 bits per heavy atom. The highest BCUT2D eigenvalue weighted by molar-refractivity contribution is 4.91. The summed E-state index contributed by atoms with van der Waals surface area (Å²) in [5.74, 6) is 1.02. The summed E-state index contributed by atoms with van der Waals surface area (Å²) in [7, 11) is 2.18. The van der Waals surface area contributed by atoms with Crippen LogP contribution in [0.2, 0.25) is 0 Å². The van der Waals surface area contributed by atoms with Crippen molar-refractivity contribution in [2.75, 3.05) is 20.1 Å². The molecule has 2 heterocycles. The van der Waals surface area contributed by atoms with Crippen molar-refractivity contribution in [2.24, 2.45) is 0 Å². The summed E-state index contributed by atoms with van der Waals surface area (Å²) < 4.78 is 2.01.